The molecule has 19 heavy (non-hydrogen) atoms. The zero-order chi connectivity index (χ0) is 14.3. The van der Waals surface area contributed by atoms with Crippen LogP contribution in [-0.4, -0.2) is 20.7 Å². The number of aryl methyl sites for hydroxylation is 2. The van der Waals surface area contributed by atoms with Crippen molar-refractivity contribution in [2.24, 2.45) is 0 Å². The number of hydrogen-bond acceptors (Lipinski definition) is 2. The van der Waals surface area contributed by atoms with E-state index in [1.54, 1.807) is 19.9 Å². The molecular weight excluding hydrogens is 242 g/mol. The van der Waals surface area contributed by atoms with E-state index in [9.17, 15) is 15.0 Å². The molecule has 2 aromatic rings. The summed E-state index contributed by atoms with van der Waals surface area (Å²) in [5.41, 5.74) is 3.53. The third-order valence-corrected chi connectivity index (χ3v) is 3.69. The minimum atomic E-state index is -0.924. The molecule has 0 spiro atoms. The Morgan fingerprint density at radius 1 is 1.37 bits per heavy atom. The van der Waals surface area contributed by atoms with E-state index in [-0.39, 0.29) is 0 Å². The molecule has 102 valence electrons. The zero-order valence-electron chi connectivity index (χ0n) is 11.7. The van der Waals surface area contributed by atoms with Crippen LogP contribution >= 0.6 is 0 Å². The molecule has 1 unspecified atom stereocenters. The van der Waals surface area contributed by atoms with Crippen LogP contribution in [0.2, 0.25) is 0 Å². The van der Waals surface area contributed by atoms with Gasteiger partial charge in [0.25, 0.3) is 0 Å². The summed E-state index contributed by atoms with van der Waals surface area (Å²) in [7, 11) is 0. The van der Waals surface area contributed by atoms with Crippen molar-refractivity contribution in [2.45, 2.75) is 40.3 Å². The highest BCUT2D eigenvalue weighted by atomic mass is 16.4. The summed E-state index contributed by atoms with van der Waals surface area (Å²) in [6.07, 6.45) is -0.611. The van der Waals surface area contributed by atoms with E-state index in [0.29, 0.717) is 17.6 Å². The van der Waals surface area contributed by atoms with Gasteiger partial charge in [0.15, 0.2) is 0 Å². The molecule has 1 heterocycles. The second-order valence-corrected chi connectivity index (χ2v) is 4.88. The number of carboxylic acids is 1. The van der Waals surface area contributed by atoms with E-state index in [4.69, 9.17) is 0 Å². The normalized spacial score (nSPS) is 12.9. The van der Waals surface area contributed by atoms with Gasteiger partial charge in [-0.1, -0.05) is 12.1 Å². The number of carboxylic acid groups (broad SMARTS) is 1. The molecule has 0 amide bonds. The van der Waals surface area contributed by atoms with E-state index < -0.39 is 12.1 Å². The van der Waals surface area contributed by atoms with E-state index in [1.807, 2.05) is 24.5 Å². The van der Waals surface area contributed by atoms with Gasteiger partial charge in [0.1, 0.15) is 0 Å². The number of aliphatic hydroxyl groups excluding tert-OH is 1. The maximum absolute atomic E-state index is 11.5. The molecule has 4 heteroatoms. The fourth-order valence-electron chi connectivity index (χ4n) is 2.89. The molecule has 1 aromatic carbocycles. The summed E-state index contributed by atoms with van der Waals surface area (Å²) >= 11 is 0. The Labute approximate surface area is 112 Å². The number of carbonyl (C=O) groups is 1. The van der Waals surface area contributed by atoms with Crippen LogP contribution in [0.5, 0.6) is 0 Å². The standard InChI is InChI=1S/C15H19NO3/c1-5-16-9(3)13(10(4)17)11-7-6-8(2)12(14(11)16)15(18)19/h6-7,10,17H,5H2,1-4H3,(H,18,19). The van der Waals surface area contributed by atoms with Crippen LogP contribution < -0.4 is 0 Å². The van der Waals surface area contributed by atoms with Gasteiger partial charge in [0, 0.05) is 23.2 Å². The second-order valence-electron chi connectivity index (χ2n) is 4.88. The third kappa shape index (κ3) is 1.92. The molecule has 4 nitrogen and oxygen atoms in total. The maximum Gasteiger partial charge on any atom is 0.338 e. The predicted molar refractivity (Wildman–Crippen MR) is 74.7 cm³/mol. The molecule has 0 saturated carbocycles. The fourth-order valence-corrected chi connectivity index (χ4v) is 2.89. The van der Waals surface area contributed by atoms with E-state index >= 15 is 0 Å². The lowest BCUT2D eigenvalue weighted by Crippen LogP contribution is -2.05. The summed E-state index contributed by atoms with van der Waals surface area (Å²) in [5, 5.41) is 20.2. The molecule has 1 atom stereocenters. The van der Waals surface area contributed by atoms with Crippen molar-refractivity contribution in [3.63, 3.8) is 0 Å². The first kappa shape index (κ1) is 13.6. The van der Waals surface area contributed by atoms with Gasteiger partial charge in [0.05, 0.1) is 17.2 Å². The van der Waals surface area contributed by atoms with Gasteiger partial charge in [-0.05, 0) is 33.3 Å². The van der Waals surface area contributed by atoms with Crippen molar-refractivity contribution in [3.05, 3.63) is 34.5 Å². The smallest absolute Gasteiger partial charge is 0.338 e. The predicted octanol–water partition coefficient (Wildman–Crippen LogP) is 3.03. The summed E-state index contributed by atoms with van der Waals surface area (Å²) in [5.74, 6) is -0.924. The summed E-state index contributed by atoms with van der Waals surface area (Å²) in [4.78, 5) is 11.5. The van der Waals surface area contributed by atoms with Crippen molar-refractivity contribution in [1.29, 1.82) is 0 Å². The number of rotatable bonds is 3. The first-order chi connectivity index (χ1) is 8.90. The number of fused-ring (bicyclic) bond motifs is 1. The molecule has 0 radical (unpaired) electrons. The molecule has 0 aliphatic carbocycles. The molecular formula is C15H19NO3. The largest absolute Gasteiger partial charge is 0.478 e. The van der Waals surface area contributed by atoms with Crippen LogP contribution in [0.15, 0.2) is 12.1 Å². The van der Waals surface area contributed by atoms with Crippen molar-refractivity contribution in [2.75, 3.05) is 0 Å². The van der Waals surface area contributed by atoms with Gasteiger partial charge in [0.2, 0.25) is 0 Å². The Bertz CT molecular complexity index is 653. The van der Waals surface area contributed by atoms with Crippen molar-refractivity contribution in [3.8, 4) is 0 Å². The van der Waals surface area contributed by atoms with Crippen molar-refractivity contribution < 1.29 is 15.0 Å². The van der Waals surface area contributed by atoms with Gasteiger partial charge < -0.3 is 14.8 Å². The van der Waals surface area contributed by atoms with Gasteiger partial charge in [-0.25, -0.2) is 4.79 Å². The van der Waals surface area contributed by atoms with E-state index in [1.165, 1.54) is 0 Å². The second kappa shape index (κ2) is 4.70. The van der Waals surface area contributed by atoms with Crippen LogP contribution in [0.25, 0.3) is 10.9 Å². The average molecular weight is 261 g/mol. The lowest BCUT2D eigenvalue weighted by molar-refractivity contribution is 0.0698. The number of nitrogens with zero attached hydrogens (tertiary/aromatic N) is 1. The van der Waals surface area contributed by atoms with Crippen LogP contribution in [-0.2, 0) is 6.54 Å². The molecule has 0 bridgehead atoms. The van der Waals surface area contributed by atoms with Crippen LogP contribution in [0.3, 0.4) is 0 Å². The van der Waals surface area contributed by atoms with Crippen LogP contribution in [0.1, 0.15) is 47.1 Å². The molecule has 0 fully saturated rings. The first-order valence-electron chi connectivity index (χ1n) is 6.43. The lowest BCUT2D eigenvalue weighted by atomic mass is 10.0. The Balaban J connectivity index is 3.02. The highest BCUT2D eigenvalue weighted by Crippen LogP contribution is 2.34. The number of hydrogen-bond donors (Lipinski definition) is 2. The van der Waals surface area contributed by atoms with Gasteiger partial charge >= 0.3 is 5.97 Å². The number of aromatic carboxylic acids is 1. The summed E-state index contributed by atoms with van der Waals surface area (Å²) in [6, 6.07) is 3.70. The first-order valence-corrected chi connectivity index (χ1v) is 6.43. The van der Waals surface area contributed by atoms with Crippen molar-refractivity contribution in [1.82, 2.24) is 4.57 Å². The SMILES string of the molecule is CCn1c(C)c(C(C)O)c2ccc(C)c(C(=O)O)c21. The summed E-state index contributed by atoms with van der Waals surface area (Å²) in [6.45, 7) is 8.09. The minimum Gasteiger partial charge on any atom is -0.478 e. The van der Waals surface area contributed by atoms with Crippen LogP contribution in [0, 0.1) is 13.8 Å². The highest BCUT2D eigenvalue weighted by Gasteiger charge is 2.22. The topological polar surface area (TPSA) is 62.5 Å². The van der Waals surface area contributed by atoms with Crippen molar-refractivity contribution >= 4 is 16.9 Å². The molecule has 0 aliphatic rings. The fraction of sp³-hybridized carbons (Fsp3) is 0.400. The highest BCUT2D eigenvalue weighted by molar-refractivity contribution is 6.05. The number of aliphatic hydroxyl groups is 1. The third-order valence-electron chi connectivity index (χ3n) is 3.69. The zero-order valence-corrected chi connectivity index (χ0v) is 11.7. The van der Waals surface area contributed by atoms with Gasteiger partial charge in [-0.15, -0.1) is 0 Å². The minimum absolute atomic E-state index is 0.328. The molecule has 2 rings (SSSR count). The maximum atomic E-state index is 11.5. The average Bonchev–Trinajstić information content (AvgIpc) is 2.59. The Morgan fingerprint density at radius 2 is 2.00 bits per heavy atom. The number of aromatic nitrogens is 1. The Morgan fingerprint density at radius 3 is 2.47 bits per heavy atom. The van der Waals surface area contributed by atoms with Gasteiger partial charge in [-0.2, -0.15) is 0 Å². The molecule has 1 aromatic heterocycles. The van der Waals surface area contributed by atoms with E-state index in [2.05, 4.69) is 0 Å². The lowest BCUT2D eigenvalue weighted by Gasteiger charge is -2.08. The quantitative estimate of drug-likeness (QED) is 0.892. The summed E-state index contributed by atoms with van der Waals surface area (Å²) < 4.78 is 1.97. The molecule has 0 aliphatic heterocycles. The number of benzene rings is 1. The van der Waals surface area contributed by atoms with E-state index in [0.717, 1.165) is 22.2 Å². The monoisotopic (exact) mass is 261 g/mol. The molecule has 0 saturated heterocycles. The molecule has 2 N–H and O–H groups in total. The Hall–Kier alpha value is -1.81. The van der Waals surface area contributed by atoms with Crippen LogP contribution in [0.4, 0.5) is 0 Å². The van der Waals surface area contributed by atoms with Gasteiger partial charge in [-0.3, -0.25) is 0 Å². The Kier molecular flexibility index (Phi) is 3.37.